The fraction of sp³-hybridized carbons (Fsp3) is 0.400. The number of hydrogen-bond acceptors (Lipinski definition) is 1. The number of benzene rings is 2. The van der Waals surface area contributed by atoms with Crippen molar-refractivity contribution in [2.45, 2.75) is 33.1 Å². The first-order valence-corrected chi connectivity index (χ1v) is 7.99. The maximum Gasteiger partial charge on any atom is -0.00172 e. The van der Waals surface area contributed by atoms with Gasteiger partial charge in [-0.2, -0.15) is 0 Å². The van der Waals surface area contributed by atoms with Gasteiger partial charge in [0.25, 0.3) is 0 Å². The van der Waals surface area contributed by atoms with E-state index in [4.69, 9.17) is 0 Å². The molecule has 0 saturated heterocycles. The van der Waals surface area contributed by atoms with Crippen LogP contribution in [-0.4, -0.2) is 13.6 Å². The molecule has 0 heterocycles. The van der Waals surface area contributed by atoms with E-state index in [9.17, 15) is 0 Å². The van der Waals surface area contributed by atoms with E-state index in [-0.39, 0.29) is 0 Å². The molecule has 0 amide bonds. The third kappa shape index (κ3) is 4.71. The predicted molar refractivity (Wildman–Crippen MR) is 91.8 cm³/mol. The molecule has 0 bridgehead atoms. The summed E-state index contributed by atoms with van der Waals surface area (Å²) in [5.41, 5.74) is 5.74. The summed E-state index contributed by atoms with van der Waals surface area (Å²) in [7, 11) is 2.05. The molecule has 1 N–H and O–H groups in total. The third-order valence-electron chi connectivity index (χ3n) is 4.22. The molecular formula is C20H27N. The second-order valence-electron chi connectivity index (χ2n) is 5.93. The molecule has 112 valence electrons. The van der Waals surface area contributed by atoms with Crippen LogP contribution in [0.1, 0.15) is 29.2 Å². The Balaban J connectivity index is 2.06. The lowest BCUT2D eigenvalue weighted by Crippen LogP contribution is -2.23. The fourth-order valence-electron chi connectivity index (χ4n) is 2.90. The molecular weight excluding hydrogens is 254 g/mol. The van der Waals surface area contributed by atoms with Crippen LogP contribution in [0.4, 0.5) is 0 Å². The molecule has 0 aliphatic rings. The fourth-order valence-corrected chi connectivity index (χ4v) is 2.90. The number of hydrogen-bond donors (Lipinski definition) is 1. The van der Waals surface area contributed by atoms with Crippen LogP contribution in [0.2, 0.25) is 0 Å². The van der Waals surface area contributed by atoms with Gasteiger partial charge in [-0.15, -0.1) is 0 Å². The highest BCUT2D eigenvalue weighted by Crippen LogP contribution is 2.17. The van der Waals surface area contributed by atoms with Gasteiger partial charge in [0.05, 0.1) is 0 Å². The summed E-state index contributed by atoms with van der Waals surface area (Å²) in [6.45, 7) is 5.47. The maximum atomic E-state index is 3.35. The van der Waals surface area contributed by atoms with Crippen LogP contribution >= 0.6 is 0 Å². The van der Waals surface area contributed by atoms with E-state index in [2.05, 4.69) is 67.7 Å². The second-order valence-corrected chi connectivity index (χ2v) is 5.93. The maximum absolute atomic E-state index is 3.35. The van der Waals surface area contributed by atoms with Crippen LogP contribution in [-0.2, 0) is 19.3 Å². The Morgan fingerprint density at radius 3 is 2.19 bits per heavy atom. The molecule has 1 atom stereocenters. The predicted octanol–water partition coefficient (Wildman–Crippen LogP) is 4.18. The van der Waals surface area contributed by atoms with Gasteiger partial charge in [-0.1, -0.05) is 55.5 Å². The normalized spacial score (nSPS) is 12.3. The number of aryl methyl sites for hydroxylation is 2. The molecule has 0 fully saturated rings. The minimum Gasteiger partial charge on any atom is -0.319 e. The molecule has 0 aromatic heterocycles. The summed E-state index contributed by atoms with van der Waals surface area (Å²) >= 11 is 0. The zero-order valence-electron chi connectivity index (χ0n) is 13.5. The summed E-state index contributed by atoms with van der Waals surface area (Å²) in [6, 6.07) is 17.8. The van der Waals surface area contributed by atoms with E-state index in [1.165, 1.54) is 22.3 Å². The van der Waals surface area contributed by atoms with Crippen molar-refractivity contribution < 1.29 is 0 Å². The average Bonchev–Trinajstić information content (AvgIpc) is 2.50. The van der Waals surface area contributed by atoms with E-state index < -0.39 is 0 Å². The number of nitrogens with one attached hydrogen (secondary N) is 1. The van der Waals surface area contributed by atoms with Crippen LogP contribution in [0.3, 0.4) is 0 Å². The third-order valence-corrected chi connectivity index (χ3v) is 4.22. The Hall–Kier alpha value is -1.60. The molecule has 2 aromatic rings. The smallest absolute Gasteiger partial charge is 0.00172 e. The van der Waals surface area contributed by atoms with Gasteiger partial charge < -0.3 is 5.32 Å². The van der Waals surface area contributed by atoms with Crippen molar-refractivity contribution in [3.63, 3.8) is 0 Å². The van der Waals surface area contributed by atoms with Gasteiger partial charge in [0.2, 0.25) is 0 Å². The van der Waals surface area contributed by atoms with Gasteiger partial charge in [-0.25, -0.2) is 0 Å². The van der Waals surface area contributed by atoms with Crippen LogP contribution < -0.4 is 5.32 Å². The molecule has 1 heteroatoms. The Morgan fingerprint density at radius 1 is 0.905 bits per heavy atom. The SMILES string of the molecule is CCc1ccc(CC(CNC)Cc2ccccc2C)cc1. The zero-order valence-corrected chi connectivity index (χ0v) is 13.5. The Labute approximate surface area is 129 Å². The Morgan fingerprint density at radius 2 is 1.57 bits per heavy atom. The Kier molecular flexibility index (Phi) is 6.01. The van der Waals surface area contributed by atoms with Crippen molar-refractivity contribution in [3.05, 3.63) is 70.8 Å². The second kappa shape index (κ2) is 7.99. The first-order valence-electron chi connectivity index (χ1n) is 7.99. The number of rotatable bonds is 7. The van der Waals surface area contributed by atoms with Crippen molar-refractivity contribution >= 4 is 0 Å². The summed E-state index contributed by atoms with van der Waals surface area (Å²) in [5, 5.41) is 3.35. The van der Waals surface area contributed by atoms with Crippen molar-refractivity contribution in [1.82, 2.24) is 5.32 Å². The molecule has 0 aliphatic heterocycles. The Bertz CT molecular complexity index is 542. The van der Waals surface area contributed by atoms with Crippen molar-refractivity contribution in [2.24, 2.45) is 5.92 Å². The lowest BCUT2D eigenvalue weighted by Gasteiger charge is -2.18. The highest BCUT2D eigenvalue weighted by atomic mass is 14.8. The van der Waals surface area contributed by atoms with Crippen LogP contribution in [0.15, 0.2) is 48.5 Å². The average molecular weight is 281 g/mol. The lowest BCUT2D eigenvalue weighted by molar-refractivity contribution is 0.492. The first kappa shape index (κ1) is 15.8. The highest BCUT2D eigenvalue weighted by Gasteiger charge is 2.11. The molecule has 0 spiro atoms. The summed E-state index contributed by atoms with van der Waals surface area (Å²) in [6.07, 6.45) is 3.39. The van der Waals surface area contributed by atoms with Crippen LogP contribution in [0.5, 0.6) is 0 Å². The summed E-state index contributed by atoms with van der Waals surface area (Å²) < 4.78 is 0. The minimum atomic E-state index is 0.642. The standard InChI is InChI=1S/C20H27N/c1-4-17-9-11-18(12-10-17)13-19(15-21-3)14-20-8-6-5-7-16(20)2/h5-12,19,21H,4,13-15H2,1-3H3. The van der Waals surface area contributed by atoms with Crippen molar-refractivity contribution in [1.29, 1.82) is 0 Å². The molecule has 21 heavy (non-hydrogen) atoms. The molecule has 1 nitrogen and oxygen atoms in total. The van der Waals surface area contributed by atoms with E-state index >= 15 is 0 Å². The molecule has 0 radical (unpaired) electrons. The van der Waals surface area contributed by atoms with E-state index in [1.54, 1.807) is 0 Å². The zero-order chi connectivity index (χ0) is 15.1. The minimum absolute atomic E-state index is 0.642. The van der Waals surface area contributed by atoms with Gasteiger partial charge in [0.15, 0.2) is 0 Å². The summed E-state index contributed by atoms with van der Waals surface area (Å²) in [4.78, 5) is 0. The largest absolute Gasteiger partial charge is 0.319 e. The highest BCUT2D eigenvalue weighted by molar-refractivity contribution is 5.27. The first-order chi connectivity index (χ1) is 10.2. The molecule has 1 unspecified atom stereocenters. The van der Waals surface area contributed by atoms with Gasteiger partial charge in [-0.3, -0.25) is 0 Å². The van der Waals surface area contributed by atoms with Gasteiger partial charge in [0.1, 0.15) is 0 Å². The lowest BCUT2D eigenvalue weighted by atomic mass is 9.90. The van der Waals surface area contributed by atoms with Crippen LogP contribution in [0.25, 0.3) is 0 Å². The van der Waals surface area contributed by atoms with Crippen molar-refractivity contribution in [2.75, 3.05) is 13.6 Å². The molecule has 0 aliphatic carbocycles. The molecule has 0 saturated carbocycles. The van der Waals surface area contributed by atoms with E-state index in [1.807, 2.05) is 7.05 Å². The summed E-state index contributed by atoms with van der Waals surface area (Å²) in [5.74, 6) is 0.642. The monoisotopic (exact) mass is 281 g/mol. The van der Waals surface area contributed by atoms with Gasteiger partial charge >= 0.3 is 0 Å². The quantitative estimate of drug-likeness (QED) is 0.803. The van der Waals surface area contributed by atoms with Crippen molar-refractivity contribution in [3.8, 4) is 0 Å². The van der Waals surface area contributed by atoms with Gasteiger partial charge in [-0.05, 0) is 68.0 Å². The molecule has 2 aromatic carbocycles. The van der Waals surface area contributed by atoms with Gasteiger partial charge in [0, 0.05) is 0 Å². The topological polar surface area (TPSA) is 12.0 Å². The molecule has 2 rings (SSSR count). The van der Waals surface area contributed by atoms with E-state index in [0.717, 1.165) is 25.8 Å². The van der Waals surface area contributed by atoms with E-state index in [0.29, 0.717) is 5.92 Å². The van der Waals surface area contributed by atoms with Crippen LogP contribution in [0, 0.1) is 12.8 Å².